The van der Waals surface area contributed by atoms with Crippen LogP contribution in [0.15, 0.2) is 0 Å². The standard InChI is InChI=1S/C13H19NO2/c15-9-5-7-14(8-6-9)13(16)12-10-3-1-2-4-11(10)12/h10-12H,1-8H2. The van der Waals surface area contributed by atoms with E-state index in [1.54, 1.807) is 0 Å². The molecule has 1 saturated heterocycles. The molecular weight excluding hydrogens is 202 g/mol. The second-order valence-corrected chi connectivity index (χ2v) is 5.50. The largest absolute Gasteiger partial charge is 0.342 e. The SMILES string of the molecule is O=C1CCN(C(=O)C2C3CCCCC32)CC1. The lowest BCUT2D eigenvalue weighted by atomic mass is 10.0. The molecule has 0 aromatic heterocycles. The van der Waals surface area contributed by atoms with Crippen LogP contribution in [-0.4, -0.2) is 29.7 Å². The number of likely N-dealkylation sites (tertiary alicyclic amines) is 1. The lowest BCUT2D eigenvalue weighted by Gasteiger charge is -2.26. The van der Waals surface area contributed by atoms with Crippen LogP contribution in [0.3, 0.4) is 0 Å². The molecule has 2 unspecified atom stereocenters. The summed E-state index contributed by atoms with van der Waals surface area (Å²) < 4.78 is 0. The lowest BCUT2D eigenvalue weighted by Crippen LogP contribution is -2.40. The highest BCUT2D eigenvalue weighted by Crippen LogP contribution is 2.56. The van der Waals surface area contributed by atoms with E-state index in [-0.39, 0.29) is 0 Å². The molecule has 0 bridgehead atoms. The van der Waals surface area contributed by atoms with Gasteiger partial charge in [0.15, 0.2) is 0 Å². The number of rotatable bonds is 1. The van der Waals surface area contributed by atoms with Gasteiger partial charge in [-0.1, -0.05) is 12.8 Å². The maximum Gasteiger partial charge on any atom is 0.226 e. The van der Waals surface area contributed by atoms with E-state index >= 15 is 0 Å². The van der Waals surface area contributed by atoms with Crippen molar-refractivity contribution in [1.29, 1.82) is 0 Å². The second kappa shape index (κ2) is 3.86. The van der Waals surface area contributed by atoms with Gasteiger partial charge in [0.25, 0.3) is 0 Å². The first-order valence-corrected chi connectivity index (χ1v) is 6.58. The van der Waals surface area contributed by atoms with Gasteiger partial charge in [-0.05, 0) is 24.7 Å². The van der Waals surface area contributed by atoms with E-state index in [2.05, 4.69) is 0 Å². The number of nitrogens with zero attached hydrogens (tertiary/aromatic N) is 1. The van der Waals surface area contributed by atoms with Gasteiger partial charge < -0.3 is 4.90 Å². The van der Waals surface area contributed by atoms with Crippen LogP contribution in [0.1, 0.15) is 38.5 Å². The number of carbonyl (C=O) groups is 2. The molecule has 2 atom stereocenters. The van der Waals surface area contributed by atoms with E-state index in [1.165, 1.54) is 25.7 Å². The van der Waals surface area contributed by atoms with Gasteiger partial charge in [-0.3, -0.25) is 9.59 Å². The van der Waals surface area contributed by atoms with Crippen LogP contribution in [0.5, 0.6) is 0 Å². The molecule has 0 spiro atoms. The number of ketones is 1. The summed E-state index contributed by atoms with van der Waals surface area (Å²) in [5.41, 5.74) is 0. The quantitative estimate of drug-likeness (QED) is 0.674. The Hall–Kier alpha value is -0.860. The molecule has 3 heteroatoms. The third kappa shape index (κ3) is 1.66. The van der Waals surface area contributed by atoms with Crippen LogP contribution in [-0.2, 0) is 9.59 Å². The number of piperidine rings is 1. The average molecular weight is 221 g/mol. The maximum absolute atomic E-state index is 12.2. The predicted molar refractivity (Wildman–Crippen MR) is 59.8 cm³/mol. The molecule has 2 aliphatic carbocycles. The monoisotopic (exact) mass is 221 g/mol. The minimum atomic E-state index is 0.317. The first kappa shape index (κ1) is 10.3. The summed E-state index contributed by atoms with van der Waals surface area (Å²) in [6.45, 7) is 1.35. The first-order chi connectivity index (χ1) is 7.77. The minimum Gasteiger partial charge on any atom is -0.342 e. The fourth-order valence-corrected chi connectivity index (χ4v) is 3.55. The van der Waals surface area contributed by atoms with Crippen molar-refractivity contribution in [2.45, 2.75) is 38.5 Å². The Morgan fingerprint density at radius 3 is 2.19 bits per heavy atom. The number of carbonyl (C=O) groups excluding carboxylic acids is 2. The summed E-state index contributed by atoms with van der Waals surface area (Å²) in [5.74, 6) is 2.38. The Morgan fingerprint density at radius 1 is 1.06 bits per heavy atom. The summed E-state index contributed by atoms with van der Waals surface area (Å²) in [7, 11) is 0. The Labute approximate surface area is 96.2 Å². The first-order valence-electron chi connectivity index (χ1n) is 6.58. The Balaban J connectivity index is 1.59. The number of fused-ring (bicyclic) bond motifs is 1. The number of hydrogen-bond donors (Lipinski definition) is 0. The van der Waals surface area contributed by atoms with Crippen LogP contribution >= 0.6 is 0 Å². The average Bonchev–Trinajstić information content (AvgIpc) is 3.03. The molecule has 3 fully saturated rings. The van der Waals surface area contributed by atoms with Crippen molar-refractivity contribution in [3.63, 3.8) is 0 Å². The molecule has 3 nitrogen and oxygen atoms in total. The second-order valence-electron chi connectivity index (χ2n) is 5.50. The molecule has 0 N–H and O–H groups in total. The molecule has 1 amide bonds. The van der Waals surface area contributed by atoms with Crippen molar-refractivity contribution in [2.75, 3.05) is 13.1 Å². The number of Topliss-reactive ketones (excluding diaryl/α,β-unsaturated/α-hetero) is 1. The normalized spacial score (nSPS) is 38.1. The number of hydrogen-bond acceptors (Lipinski definition) is 2. The molecular formula is C13H19NO2. The summed E-state index contributed by atoms with van der Waals surface area (Å²) in [4.78, 5) is 25.3. The van der Waals surface area contributed by atoms with Crippen molar-refractivity contribution >= 4 is 11.7 Å². The highest BCUT2D eigenvalue weighted by molar-refractivity contribution is 5.86. The molecule has 0 aromatic rings. The Bertz CT molecular complexity index is 304. The molecule has 0 aromatic carbocycles. The van der Waals surface area contributed by atoms with Crippen molar-refractivity contribution < 1.29 is 9.59 Å². The fraction of sp³-hybridized carbons (Fsp3) is 0.846. The smallest absolute Gasteiger partial charge is 0.226 e. The van der Waals surface area contributed by atoms with E-state index in [0.717, 1.165) is 0 Å². The van der Waals surface area contributed by atoms with Gasteiger partial charge in [0, 0.05) is 31.8 Å². The van der Waals surface area contributed by atoms with E-state index in [1.807, 2.05) is 4.90 Å². The summed E-state index contributed by atoms with van der Waals surface area (Å²) in [5, 5.41) is 0. The van der Waals surface area contributed by atoms with Gasteiger partial charge in [-0.15, -0.1) is 0 Å². The van der Waals surface area contributed by atoms with Crippen molar-refractivity contribution in [3.05, 3.63) is 0 Å². The van der Waals surface area contributed by atoms with Crippen LogP contribution in [0.4, 0.5) is 0 Å². The molecule has 3 aliphatic rings. The zero-order valence-electron chi connectivity index (χ0n) is 9.65. The molecule has 0 radical (unpaired) electrons. The Morgan fingerprint density at radius 2 is 1.62 bits per heavy atom. The van der Waals surface area contributed by atoms with Crippen LogP contribution in [0, 0.1) is 17.8 Å². The zero-order valence-corrected chi connectivity index (χ0v) is 9.65. The highest BCUT2D eigenvalue weighted by Gasteiger charge is 2.55. The highest BCUT2D eigenvalue weighted by atomic mass is 16.2. The van der Waals surface area contributed by atoms with Gasteiger partial charge in [-0.25, -0.2) is 0 Å². The molecule has 1 heterocycles. The fourth-order valence-electron chi connectivity index (χ4n) is 3.55. The topological polar surface area (TPSA) is 37.4 Å². The molecule has 16 heavy (non-hydrogen) atoms. The van der Waals surface area contributed by atoms with Crippen LogP contribution in [0.25, 0.3) is 0 Å². The van der Waals surface area contributed by atoms with Crippen molar-refractivity contribution in [2.24, 2.45) is 17.8 Å². The molecule has 3 rings (SSSR count). The number of amides is 1. The Kier molecular flexibility index (Phi) is 2.49. The van der Waals surface area contributed by atoms with Gasteiger partial charge in [0.2, 0.25) is 5.91 Å². The predicted octanol–water partition coefficient (Wildman–Crippen LogP) is 1.61. The molecule has 1 aliphatic heterocycles. The summed E-state index contributed by atoms with van der Waals surface area (Å²) in [6, 6.07) is 0. The molecule has 88 valence electrons. The third-order valence-corrected chi connectivity index (χ3v) is 4.57. The molecule has 2 saturated carbocycles. The summed E-state index contributed by atoms with van der Waals surface area (Å²) >= 11 is 0. The van der Waals surface area contributed by atoms with E-state index in [4.69, 9.17) is 0 Å². The minimum absolute atomic E-state index is 0.317. The van der Waals surface area contributed by atoms with Gasteiger partial charge >= 0.3 is 0 Å². The van der Waals surface area contributed by atoms with Crippen molar-refractivity contribution in [3.8, 4) is 0 Å². The van der Waals surface area contributed by atoms with E-state index in [0.29, 0.717) is 55.4 Å². The van der Waals surface area contributed by atoms with Crippen LogP contribution in [0.2, 0.25) is 0 Å². The summed E-state index contributed by atoms with van der Waals surface area (Å²) in [6.07, 6.45) is 6.29. The zero-order chi connectivity index (χ0) is 11.1. The van der Waals surface area contributed by atoms with Crippen LogP contribution < -0.4 is 0 Å². The van der Waals surface area contributed by atoms with Gasteiger partial charge in [-0.2, -0.15) is 0 Å². The van der Waals surface area contributed by atoms with Gasteiger partial charge in [0.1, 0.15) is 5.78 Å². The van der Waals surface area contributed by atoms with E-state index in [9.17, 15) is 9.59 Å². The van der Waals surface area contributed by atoms with Crippen molar-refractivity contribution in [1.82, 2.24) is 4.90 Å². The van der Waals surface area contributed by atoms with Gasteiger partial charge in [0.05, 0.1) is 0 Å². The van der Waals surface area contributed by atoms with E-state index < -0.39 is 0 Å². The third-order valence-electron chi connectivity index (χ3n) is 4.57. The maximum atomic E-state index is 12.2. The lowest BCUT2D eigenvalue weighted by molar-refractivity contribution is -0.136.